The van der Waals surface area contributed by atoms with Gasteiger partial charge in [-0.3, -0.25) is 4.79 Å². The molecule has 0 spiro atoms. The van der Waals surface area contributed by atoms with E-state index in [-0.39, 0.29) is 5.91 Å². The van der Waals surface area contributed by atoms with Crippen LogP contribution in [0.2, 0.25) is 0 Å². The van der Waals surface area contributed by atoms with Crippen molar-refractivity contribution >= 4 is 17.2 Å². The molecule has 0 N–H and O–H groups in total. The molecule has 4 saturated carbocycles. The van der Waals surface area contributed by atoms with E-state index in [0.717, 1.165) is 34.1 Å². The van der Waals surface area contributed by atoms with Crippen LogP contribution in [0.25, 0.3) is 0 Å². The van der Waals surface area contributed by atoms with Crippen molar-refractivity contribution in [1.82, 2.24) is 4.90 Å². The smallest absolute Gasteiger partial charge is 0.264 e. The average Bonchev–Trinajstić information content (AvgIpc) is 2.82. The van der Waals surface area contributed by atoms with Crippen LogP contribution in [0.5, 0.6) is 0 Å². The van der Waals surface area contributed by atoms with E-state index in [1.165, 1.54) is 32.1 Å². The zero-order valence-corrected chi connectivity index (χ0v) is 13.2. The first kappa shape index (κ1) is 12.9. The number of hydrogen-bond donors (Lipinski definition) is 0. The first-order valence-corrected chi connectivity index (χ1v) is 8.82. The average molecular weight is 289 g/mol. The summed E-state index contributed by atoms with van der Waals surface area (Å²) >= 11 is 1.60. The molecule has 3 heteroatoms. The second kappa shape index (κ2) is 4.59. The third-order valence-electron chi connectivity index (χ3n) is 6.00. The highest BCUT2D eigenvalue weighted by atomic mass is 32.1. The van der Waals surface area contributed by atoms with Crippen molar-refractivity contribution in [2.24, 2.45) is 23.7 Å². The van der Waals surface area contributed by atoms with E-state index in [4.69, 9.17) is 0 Å². The zero-order chi connectivity index (χ0) is 13.9. The summed E-state index contributed by atoms with van der Waals surface area (Å²) in [6.45, 7) is 2.05. The monoisotopic (exact) mass is 289 g/mol. The first-order valence-electron chi connectivity index (χ1n) is 7.94. The van der Waals surface area contributed by atoms with Crippen LogP contribution in [0.3, 0.4) is 0 Å². The number of carbonyl (C=O) groups is 1. The predicted molar refractivity (Wildman–Crippen MR) is 82.0 cm³/mol. The van der Waals surface area contributed by atoms with Gasteiger partial charge in [-0.05, 0) is 79.7 Å². The molecule has 1 aromatic heterocycles. The maximum atomic E-state index is 12.8. The molecule has 0 radical (unpaired) electrons. The summed E-state index contributed by atoms with van der Waals surface area (Å²) < 4.78 is 0. The van der Waals surface area contributed by atoms with Gasteiger partial charge in [0.2, 0.25) is 0 Å². The van der Waals surface area contributed by atoms with Gasteiger partial charge in [-0.2, -0.15) is 0 Å². The van der Waals surface area contributed by atoms with Gasteiger partial charge in [-0.1, -0.05) is 0 Å². The number of nitrogens with zero attached hydrogens (tertiary/aromatic N) is 1. The van der Waals surface area contributed by atoms with Gasteiger partial charge in [0.25, 0.3) is 5.91 Å². The highest BCUT2D eigenvalue weighted by Gasteiger charge is 2.50. The molecular weight excluding hydrogens is 266 g/mol. The Morgan fingerprint density at radius 1 is 1.15 bits per heavy atom. The molecule has 1 aromatic rings. The van der Waals surface area contributed by atoms with Crippen LogP contribution in [-0.2, 0) is 0 Å². The van der Waals surface area contributed by atoms with Gasteiger partial charge in [-0.15, -0.1) is 11.3 Å². The third kappa shape index (κ3) is 1.86. The summed E-state index contributed by atoms with van der Waals surface area (Å²) in [5.74, 6) is 3.76. The number of thiophene rings is 1. The van der Waals surface area contributed by atoms with E-state index < -0.39 is 0 Å². The fourth-order valence-electron chi connectivity index (χ4n) is 5.42. The number of hydrogen-bond acceptors (Lipinski definition) is 2. The number of rotatable bonds is 2. The summed E-state index contributed by atoms with van der Waals surface area (Å²) in [6.07, 6.45) is 6.97. The third-order valence-corrected chi connectivity index (χ3v) is 7.01. The van der Waals surface area contributed by atoms with E-state index in [2.05, 4.69) is 24.9 Å². The Hall–Kier alpha value is -0.830. The SMILES string of the molecule is Cc1ccsc1C(=O)N(C)C1C2CC3CC(C2)CC1C3. The van der Waals surface area contributed by atoms with Crippen LogP contribution in [0, 0.1) is 30.6 Å². The summed E-state index contributed by atoms with van der Waals surface area (Å²) in [5.41, 5.74) is 1.13. The van der Waals surface area contributed by atoms with E-state index >= 15 is 0 Å². The zero-order valence-electron chi connectivity index (χ0n) is 12.3. The summed E-state index contributed by atoms with van der Waals surface area (Å²) in [5, 5.41) is 2.04. The molecule has 0 atom stereocenters. The molecule has 108 valence electrons. The van der Waals surface area contributed by atoms with Gasteiger partial charge in [0.05, 0.1) is 4.88 Å². The Balaban J connectivity index is 1.58. The number of carbonyl (C=O) groups excluding carboxylic acids is 1. The van der Waals surface area contributed by atoms with Crippen LogP contribution >= 0.6 is 11.3 Å². The minimum absolute atomic E-state index is 0.259. The van der Waals surface area contributed by atoms with Gasteiger partial charge >= 0.3 is 0 Å². The highest BCUT2D eigenvalue weighted by molar-refractivity contribution is 7.12. The van der Waals surface area contributed by atoms with Crippen molar-refractivity contribution in [2.45, 2.75) is 45.1 Å². The molecule has 0 saturated heterocycles. The molecule has 4 aliphatic carbocycles. The van der Waals surface area contributed by atoms with Crippen molar-refractivity contribution in [1.29, 1.82) is 0 Å². The number of aryl methyl sites for hydroxylation is 1. The summed E-state index contributed by atoms with van der Waals surface area (Å²) in [6, 6.07) is 2.57. The Labute approximate surface area is 125 Å². The van der Waals surface area contributed by atoms with Crippen molar-refractivity contribution in [3.05, 3.63) is 21.9 Å². The lowest BCUT2D eigenvalue weighted by atomic mass is 9.54. The Kier molecular flexibility index (Phi) is 2.95. The molecule has 0 aromatic carbocycles. The molecule has 4 aliphatic rings. The molecule has 0 unspecified atom stereocenters. The van der Waals surface area contributed by atoms with Gasteiger partial charge in [0.15, 0.2) is 0 Å². The van der Waals surface area contributed by atoms with Crippen LogP contribution < -0.4 is 0 Å². The first-order chi connectivity index (χ1) is 9.63. The predicted octanol–water partition coefficient (Wildman–Crippen LogP) is 3.95. The highest BCUT2D eigenvalue weighted by Crippen LogP contribution is 2.55. The molecule has 1 amide bonds. The normalized spacial score (nSPS) is 38.2. The van der Waals surface area contributed by atoms with Crippen LogP contribution in [-0.4, -0.2) is 23.9 Å². The van der Waals surface area contributed by atoms with E-state index in [1.807, 2.05) is 5.38 Å². The van der Waals surface area contributed by atoms with Gasteiger partial charge in [-0.25, -0.2) is 0 Å². The maximum Gasteiger partial charge on any atom is 0.264 e. The van der Waals surface area contributed by atoms with Crippen LogP contribution in [0.4, 0.5) is 0 Å². The van der Waals surface area contributed by atoms with Crippen LogP contribution in [0.15, 0.2) is 11.4 Å². The van der Waals surface area contributed by atoms with E-state index in [0.29, 0.717) is 6.04 Å². The minimum Gasteiger partial charge on any atom is -0.337 e. The second-order valence-corrected chi connectivity index (χ2v) is 8.19. The largest absolute Gasteiger partial charge is 0.337 e. The van der Waals surface area contributed by atoms with Crippen molar-refractivity contribution in [3.63, 3.8) is 0 Å². The fraction of sp³-hybridized carbons (Fsp3) is 0.706. The van der Waals surface area contributed by atoms with Gasteiger partial charge < -0.3 is 4.90 Å². The molecule has 20 heavy (non-hydrogen) atoms. The molecular formula is C17H23NOS. The van der Waals surface area contributed by atoms with Crippen molar-refractivity contribution in [2.75, 3.05) is 7.05 Å². The molecule has 2 nitrogen and oxygen atoms in total. The molecule has 0 aliphatic heterocycles. The fourth-order valence-corrected chi connectivity index (χ4v) is 6.32. The number of amides is 1. The van der Waals surface area contributed by atoms with E-state index in [1.54, 1.807) is 11.3 Å². The van der Waals surface area contributed by atoms with Gasteiger partial charge in [0, 0.05) is 13.1 Å². The second-order valence-electron chi connectivity index (χ2n) is 7.27. The summed E-state index contributed by atoms with van der Waals surface area (Å²) in [7, 11) is 2.05. The summed E-state index contributed by atoms with van der Waals surface area (Å²) in [4.78, 5) is 15.8. The minimum atomic E-state index is 0.259. The van der Waals surface area contributed by atoms with E-state index in [9.17, 15) is 4.79 Å². The Bertz CT molecular complexity index is 507. The maximum absolute atomic E-state index is 12.8. The Morgan fingerprint density at radius 2 is 1.75 bits per heavy atom. The lowest BCUT2D eigenvalue weighted by Crippen LogP contribution is -2.56. The lowest BCUT2D eigenvalue weighted by Gasteiger charge is -2.56. The molecule has 4 bridgehead atoms. The quantitative estimate of drug-likeness (QED) is 0.807. The van der Waals surface area contributed by atoms with Gasteiger partial charge in [0.1, 0.15) is 0 Å². The molecule has 4 fully saturated rings. The van der Waals surface area contributed by atoms with Crippen molar-refractivity contribution in [3.8, 4) is 0 Å². The molecule has 5 rings (SSSR count). The van der Waals surface area contributed by atoms with Crippen LogP contribution in [0.1, 0.15) is 47.3 Å². The standard InChI is InChI=1S/C17H23NOS/c1-10-3-4-20-16(10)17(19)18(2)15-13-6-11-5-12(8-13)9-14(15)7-11/h3-4,11-15H,5-9H2,1-2H3. The van der Waals surface area contributed by atoms with Crippen molar-refractivity contribution < 1.29 is 4.79 Å². The topological polar surface area (TPSA) is 20.3 Å². The lowest BCUT2D eigenvalue weighted by molar-refractivity contribution is -0.0490. The molecule has 1 heterocycles. The Morgan fingerprint density at radius 3 is 2.25 bits per heavy atom.